The van der Waals surface area contributed by atoms with Gasteiger partial charge >= 0.3 is 0 Å². The van der Waals surface area contributed by atoms with Gasteiger partial charge in [-0.05, 0) is 45.5 Å². The fourth-order valence-corrected chi connectivity index (χ4v) is 4.24. The first-order valence-corrected chi connectivity index (χ1v) is 8.92. The summed E-state index contributed by atoms with van der Waals surface area (Å²) in [6.45, 7) is 6.33. The van der Waals surface area contributed by atoms with Crippen molar-refractivity contribution in [1.82, 2.24) is 0 Å². The minimum absolute atomic E-state index is 0.313. The van der Waals surface area contributed by atoms with Gasteiger partial charge in [0.05, 0.1) is 0 Å². The Morgan fingerprint density at radius 3 is 1.67 bits per heavy atom. The van der Waals surface area contributed by atoms with E-state index in [1.807, 2.05) is 6.92 Å². The fraction of sp³-hybridized carbons (Fsp3) is 0.200. The molecule has 0 radical (unpaired) electrons. The van der Waals surface area contributed by atoms with Crippen molar-refractivity contribution in [3.63, 3.8) is 0 Å². The molecule has 0 aliphatic carbocycles. The van der Waals surface area contributed by atoms with Crippen LogP contribution in [0, 0.1) is 13.8 Å². The van der Waals surface area contributed by atoms with E-state index in [0.29, 0.717) is 0 Å². The quantitative estimate of drug-likeness (QED) is 0.545. The Bertz CT molecular complexity index is 558. The van der Waals surface area contributed by atoms with E-state index in [1.54, 1.807) is 0 Å². The number of rotatable bonds is 5. The molecule has 21 heavy (non-hydrogen) atoms. The summed E-state index contributed by atoms with van der Waals surface area (Å²) >= 11 is 0. The van der Waals surface area contributed by atoms with Gasteiger partial charge in [-0.2, -0.15) is 0 Å². The lowest BCUT2D eigenvalue weighted by atomic mass is 10.2. The van der Waals surface area contributed by atoms with E-state index >= 15 is 0 Å². The molecule has 0 bridgehead atoms. The van der Waals surface area contributed by atoms with Crippen molar-refractivity contribution in [3.05, 3.63) is 84.0 Å². The van der Waals surface area contributed by atoms with Gasteiger partial charge in [0.1, 0.15) is 0 Å². The maximum Gasteiger partial charge on any atom is -0.00611 e. The van der Waals surface area contributed by atoms with Crippen LogP contribution in [-0.4, -0.2) is 6.16 Å². The second-order valence-corrected chi connectivity index (χ2v) is 7.49. The number of hydrogen-bond acceptors (Lipinski definition) is 0. The zero-order chi connectivity index (χ0) is 15.1. The number of allylic oxidation sites excluding steroid dienone is 4. The van der Waals surface area contributed by atoms with Gasteiger partial charge in [-0.3, -0.25) is 0 Å². The van der Waals surface area contributed by atoms with E-state index in [0.717, 1.165) is 6.16 Å². The zero-order valence-corrected chi connectivity index (χ0v) is 14.0. The van der Waals surface area contributed by atoms with E-state index < -0.39 is 0 Å². The predicted octanol–water partition coefficient (Wildman–Crippen LogP) is 4.87. The largest absolute Gasteiger partial charge is 0.0877 e. The third-order valence-electron chi connectivity index (χ3n) is 3.42. The first-order valence-electron chi connectivity index (χ1n) is 7.39. The maximum atomic E-state index is 2.28. The third kappa shape index (κ3) is 4.69. The van der Waals surface area contributed by atoms with E-state index in [4.69, 9.17) is 0 Å². The summed E-state index contributed by atoms with van der Waals surface area (Å²) in [7, 11) is -0.313. The molecular formula is C20H23P. The van der Waals surface area contributed by atoms with Gasteiger partial charge in [-0.1, -0.05) is 84.0 Å². The van der Waals surface area contributed by atoms with Crippen molar-refractivity contribution >= 4 is 18.5 Å². The van der Waals surface area contributed by atoms with Gasteiger partial charge in [0.15, 0.2) is 0 Å². The van der Waals surface area contributed by atoms with Crippen LogP contribution in [0.5, 0.6) is 0 Å². The molecule has 0 fully saturated rings. The molecule has 108 valence electrons. The summed E-state index contributed by atoms with van der Waals surface area (Å²) in [4.78, 5) is 0. The molecule has 0 heterocycles. The van der Waals surface area contributed by atoms with Crippen LogP contribution < -0.4 is 10.6 Å². The molecule has 2 aromatic rings. The molecule has 0 aliphatic heterocycles. The molecule has 0 spiro atoms. The number of hydrogen-bond donors (Lipinski definition) is 0. The van der Waals surface area contributed by atoms with Crippen molar-refractivity contribution in [1.29, 1.82) is 0 Å². The highest BCUT2D eigenvalue weighted by atomic mass is 31.1. The number of aryl methyl sites for hydroxylation is 2. The minimum Gasteiger partial charge on any atom is -0.0877 e. The van der Waals surface area contributed by atoms with Crippen LogP contribution in [0.1, 0.15) is 18.1 Å². The lowest BCUT2D eigenvalue weighted by molar-refractivity contribution is 1.48. The smallest absolute Gasteiger partial charge is 0.00611 e. The molecule has 2 aromatic carbocycles. The monoisotopic (exact) mass is 294 g/mol. The van der Waals surface area contributed by atoms with Crippen molar-refractivity contribution in [2.45, 2.75) is 20.8 Å². The normalized spacial score (nSPS) is 11.8. The minimum atomic E-state index is -0.313. The standard InChI is InChI=1S/C20H23P/c1-4-5-6-7-16-21(19-12-8-17(2)9-13-19)20-14-10-18(3)11-15-20/h4-15H,16H2,1-3H3/b5-4-,7-6-. The molecule has 2 rings (SSSR count). The Balaban J connectivity index is 2.29. The van der Waals surface area contributed by atoms with Crippen molar-refractivity contribution in [3.8, 4) is 0 Å². The third-order valence-corrected chi connectivity index (χ3v) is 5.84. The van der Waals surface area contributed by atoms with Gasteiger partial charge in [-0.15, -0.1) is 0 Å². The van der Waals surface area contributed by atoms with E-state index in [2.05, 4.69) is 86.7 Å². The second kappa shape index (κ2) is 7.96. The first kappa shape index (κ1) is 15.7. The highest BCUT2D eigenvalue weighted by Crippen LogP contribution is 2.33. The SMILES string of the molecule is C/C=C\C=C/CP(c1ccc(C)cc1)c1ccc(C)cc1. The Labute approximate surface area is 130 Å². The molecule has 0 saturated heterocycles. The Morgan fingerprint density at radius 1 is 0.762 bits per heavy atom. The number of benzene rings is 2. The van der Waals surface area contributed by atoms with Gasteiger partial charge < -0.3 is 0 Å². The molecule has 0 atom stereocenters. The maximum absolute atomic E-state index is 2.28. The summed E-state index contributed by atoms with van der Waals surface area (Å²) < 4.78 is 0. The second-order valence-electron chi connectivity index (χ2n) is 5.24. The average molecular weight is 294 g/mol. The van der Waals surface area contributed by atoms with Crippen LogP contribution in [0.2, 0.25) is 0 Å². The topological polar surface area (TPSA) is 0 Å². The molecule has 0 aromatic heterocycles. The van der Waals surface area contributed by atoms with Gasteiger partial charge in [0, 0.05) is 0 Å². The lowest BCUT2D eigenvalue weighted by Gasteiger charge is -2.17. The summed E-state index contributed by atoms with van der Waals surface area (Å²) in [6.07, 6.45) is 9.68. The van der Waals surface area contributed by atoms with Crippen LogP contribution in [0.25, 0.3) is 0 Å². The Kier molecular flexibility index (Phi) is 5.96. The molecular weight excluding hydrogens is 271 g/mol. The Hall–Kier alpha value is -1.65. The molecule has 0 nitrogen and oxygen atoms in total. The van der Waals surface area contributed by atoms with Crippen molar-refractivity contribution in [2.75, 3.05) is 6.16 Å². The van der Waals surface area contributed by atoms with E-state index in [9.17, 15) is 0 Å². The predicted molar refractivity (Wildman–Crippen MR) is 97.4 cm³/mol. The molecule has 0 aliphatic rings. The van der Waals surface area contributed by atoms with E-state index in [1.165, 1.54) is 21.7 Å². The summed E-state index contributed by atoms with van der Waals surface area (Å²) in [5.41, 5.74) is 2.64. The van der Waals surface area contributed by atoms with E-state index in [-0.39, 0.29) is 7.92 Å². The highest BCUT2D eigenvalue weighted by molar-refractivity contribution is 7.73. The molecule has 0 amide bonds. The van der Waals surface area contributed by atoms with Gasteiger partial charge in [0.25, 0.3) is 0 Å². The van der Waals surface area contributed by atoms with Crippen LogP contribution >= 0.6 is 7.92 Å². The van der Waals surface area contributed by atoms with Crippen molar-refractivity contribution < 1.29 is 0 Å². The highest BCUT2D eigenvalue weighted by Gasteiger charge is 2.11. The van der Waals surface area contributed by atoms with Gasteiger partial charge in [0.2, 0.25) is 0 Å². The van der Waals surface area contributed by atoms with Gasteiger partial charge in [-0.25, -0.2) is 0 Å². The molecule has 0 saturated carbocycles. The molecule has 0 unspecified atom stereocenters. The average Bonchev–Trinajstić information content (AvgIpc) is 2.50. The molecule has 1 heteroatoms. The van der Waals surface area contributed by atoms with Crippen molar-refractivity contribution in [2.24, 2.45) is 0 Å². The summed E-state index contributed by atoms with van der Waals surface area (Å²) in [5, 5.41) is 2.90. The summed E-state index contributed by atoms with van der Waals surface area (Å²) in [6, 6.07) is 18.0. The molecule has 0 N–H and O–H groups in total. The first-order chi connectivity index (χ1) is 10.2. The Morgan fingerprint density at radius 2 is 1.24 bits per heavy atom. The van der Waals surface area contributed by atoms with Crippen LogP contribution in [0.3, 0.4) is 0 Å². The van der Waals surface area contributed by atoms with Crippen LogP contribution in [-0.2, 0) is 0 Å². The fourth-order valence-electron chi connectivity index (χ4n) is 2.17. The van der Waals surface area contributed by atoms with Crippen LogP contribution in [0.4, 0.5) is 0 Å². The van der Waals surface area contributed by atoms with Crippen LogP contribution in [0.15, 0.2) is 72.8 Å². The summed E-state index contributed by atoms with van der Waals surface area (Å²) in [5.74, 6) is 0. The lowest BCUT2D eigenvalue weighted by Crippen LogP contribution is -2.13. The zero-order valence-electron chi connectivity index (χ0n) is 13.1.